The van der Waals surface area contributed by atoms with Gasteiger partial charge in [-0.25, -0.2) is 0 Å². The Hall–Kier alpha value is -0.610. The zero-order valence-corrected chi connectivity index (χ0v) is 9.30. The number of rotatable bonds is 4. The molecule has 4 nitrogen and oxygen atoms in total. The summed E-state index contributed by atoms with van der Waals surface area (Å²) >= 11 is 0. The lowest BCUT2D eigenvalue weighted by atomic mass is 10.0. The predicted octanol–water partition coefficient (Wildman–Crippen LogP) is 0.233. The Morgan fingerprint density at radius 1 is 1.64 bits per heavy atom. The second-order valence-corrected chi connectivity index (χ2v) is 4.12. The molecule has 0 aromatic heterocycles. The molecule has 1 N–H and O–H groups in total. The van der Waals surface area contributed by atoms with Crippen LogP contribution in [0, 0.1) is 0 Å². The third-order valence-corrected chi connectivity index (χ3v) is 2.79. The summed E-state index contributed by atoms with van der Waals surface area (Å²) in [7, 11) is 1.82. The van der Waals surface area contributed by atoms with Crippen molar-refractivity contribution in [1.29, 1.82) is 0 Å². The van der Waals surface area contributed by atoms with Crippen LogP contribution in [0.15, 0.2) is 0 Å². The van der Waals surface area contributed by atoms with Gasteiger partial charge in [0.05, 0.1) is 13.2 Å². The molecule has 14 heavy (non-hydrogen) atoms. The van der Waals surface area contributed by atoms with Crippen molar-refractivity contribution in [2.75, 3.05) is 33.4 Å². The number of hydrogen-bond donors (Lipinski definition) is 1. The molecular formula is C10H20N2O2. The van der Waals surface area contributed by atoms with Crippen LogP contribution < -0.4 is 5.32 Å². The Bertz CT molecular complexity index is 200. The van der Waals surface area contributed by atoms with E-state index in [0.717, 1.165) is 19.6 Å². The minimum atomic E-state index is -0.00968. The molecule has 1 aliphatic rings. The first kappa shape index (κ1) is 11.5. The number of ether oxygens (including phenoxy) is 1. The molecule has 82 valence electrons. The third-order valence-electron chi connectivity index (χ3n) is 2.79. The van der Waals surface area contributed by atoms with Crippen LogP contribution in [0.3, 0.4) is 0 Å². The van der Waals surface area contributed by atoms with E-state index in [2.05, 4.69) is 12.2 Å². The molecular weight excluding hydrogens is 180 g/mol. The fourth-order valence-electron chi connectivity index (χ4n) is 1.41. The maximum absolute atomic E-state index is 11.5. The Morgan fingerprint density at radius 2 is 2.36 bits per heavy atom. The summed E-state index contributed by atoms with van der Waals surface area (Å²) < 4.78 is 5.29. The molecule has 0 saturated carbocycles. The highest BCUT2D eigenvalue weighted by Gasteiger charge is 2.29. The molecule has 1 atom stereocenters. The maximum Gasteiger partial charge on any atom is 0.236 e. The normalized spacial score (nSPS) is 26.5. The van der Waals surface area contributed by atoms with E-state index in [1.165, 1.54) is 0 Å². The second kappa shape index (κ2) is 4.75. The van der Waals surface area contributed by atoms with E-state index in [-0.39, 0.29) is 11.4 Å². The van der Waals surface area contributed by atoms with Crippen LogP contribution >= 0.6 is 0 Å². The van der Waals surface area contributed by atoms with Gasteiger partial charge in [-0.3, -0.25) is 4.79 Å². The van der Waals surface area contributed by atoms with Crippen LogP contribution in [-0.4, -0.2) is 49.7 Å². The summed E-state index contributed by atoms with van der Waals surface area (Å²) in [5.41, 5.74) is -0.00968. The van der Waals surface area contributed by atoms with Crippen LogP contribution in [0.2, 0.25) is 0 Å². The van der Waals surface area contributed by atoms with Gasteiger partial charge in [0.2, 0.25) is 5.91 Å². The van der Waals surface area contributed by atoms with Crippen molar-refractivity contribution < 1.29 is 9.53 Å². The fraction of sp³-hybridized carbons (Fsp3) is 0.900. The minimum absolute atomic E-state index is 0.00968. The molecule has 1 aliphatic heterocycles. The van der Waals surface area contributed by atoms with Crippen molar-refractivity contribution in [1.82, 2.24) is 10.2 Å². The molecule has 0 aromatic rings. The second-order valence-electron chi connectivity index (χ2n) is 4.12. The van der Waals surface area contributed by atoms with Gasteiger partial charge in [0.25, 0.3) is 0 Å². The number of likely N-dealkylation sites (N-methyl/N-ethyl adjacent to an activating group) is 1. The van der Waals surface area contributed by atoms with E-state index in [0.29, 0.717) is 13.2 Å². The lowest BCUT2D eigenvalue weighted by molar-refractivity contribution is -0.129. The Balaban J connectivity index is 2.29. The number of amides is 1. The van der Waals surface area contributed by atoms with Gasteiger partial charge in [-0.15, -0.1) is 0 Å². The molecule has 1 fully saturated rings. The molecule has 1 unspecified atom stereocenters. The molecule has 0 aliphatic carbocycles. The molecule has 4 heteroatoms. The first-order chi connectivity index (χ1) is 6.57. The number of nitrogens with zero attached hydrogens (tertiary/aromatic N) is 1. The topological polar surface area (TPSA) is 41.6 Å². The SMILES string of the molecule is CCN(C)C(=O)CNC1(C)CCOC1. The minimum Gasteiger partial charge on any atom is -0.379 e. The van der Waals surface area contributed by atoms with Gasteiger partial charge in [0.1, 0.15) is 0 Å². The van der Waals surface area contributed by atoms with E-state index in [1.807, 2.05) is 14.0 Å². The fourth-order valence-corrected chi connectivity index (χ4v) is 1.41. The Labute approximate surface area is 85.6 Å². The quantitative estimate of drug-likeness (QED) is 0.706. The summed E-state index contributed by atoms with van der Waals surface area (Å²) in [5.74, 6) is 0.139. The maximum atomic E-state index is 11.5. The highest BCUT2D eigenvalue weighted by Crippen LogP contribution is 2.16. The number of carbonyl (C=O) groups excluding carboxylic acids is 1. The monoisotopic (exact) mass is 200 g/mol. The van der Waals surface area contributed by atoms with Crippen molar-refractivity contribution in [2.45, 2.75) is 25.8 Å². The average molecular weight is 200 g/mol. The third kappa shape index (κ3) is 2.96. The van der Waals surface area contributed by atoms with E-state index in [9.17, 15) is 4.79 Å². The summed E-state index contributed by atoms with van der Waals surface area (Å²) in [5, 5.41) is 3.26. The number of hydrogen-bond acceptors (Lipinski definition) is 3. The first-order valence-corrected chi connectivity index (χ1v) is 5.14. The zero-order valence-electron chi connectivity index (χ0n) is 9.30. The Morgan fingerprint density at radius 3 is 2.86 bits per heavy atom. The zero-order chi connectivity index (χ0) is 10.6. The van der Waals surface area contributed by atoms with Crippen molar-refractivity contribution in [3.63, 3.8) is 0 Å². The van der Waals surface area contributed by atoms with Gasteiger partial charge in [0.15, 0.2) is 0 Å². The van der Waals surface area contributed by atoms with Crippen LogP contribution in [0.5, 0.6) is 0 Å². The average Bonchev–Trinajstić information content (AvgIpc) is 2.61. The van der Waals surface area contributed by atoms with Gasteiger partial charge < -0.3 is 15.0 Å². The largest absolute Gasteiger partial charge is 0.379 e. The smallest absolute Gasteiger partial charge is 0.236 e. The molecule has 1 saturated heterocycles. The van der Waals surface area contributed by atoms with Gasteiger partial charge in [-0.2, -0.15) is 0 Å². The molecule has 0 aromatic carbocycles. The van der Waals surface area contributed by atoms with Crippen molar-refractivity contribution in [2.24, 2.45) is 0 Å². The van der Waals surface area contributed by atoms with Crippen LogP contribution in [0.25, 0.3) is 0 Å². The summed E-state index contributed by atoms with van der Waals surface area (Å²) in [4.78, 5) is 13.2. The van der Waals surface area contributed by atoms with Gasteiger partial charge in [-0.1, -0.05) is 0 Å². The lowest BCUT2D eigenvalue weighted by Crippen LogP contribution is -2.48. The van der Waals surface area contributed by atoms with Crippen molar-refractivity contribution in [3.05, 3.63) is 0 Å². The van der Waals surface area contributed by atoms with Gasteiger partial charge >= 0.3 is 0 Å². The summed E-state index contributed by atoms with van der Waals surface area (Å²) in [6, 6.07) is 0. The number of nitrogens with one attached hydrogen (secondary N) is 1. The van der Waals surface area contributed by atoms with E-state index >= 15 is 0 Å². The lowest BCUT2D eigenvalue weighted by Gasteiger charge is -2.24. The van der Waals surface area contributed by atoms with E-state index in [4.69, 9.17) is 4.74 Å². The molecule has 0 spiro atoms. The molecule has 0 bridgehead atoms. The predicted molar refractivity (Wildman–Crippen MR) is 55.2 cm³/mol. The summed E-state index contributed by atoms with van der Waals surface area (Å²) in [6.07, 6.45) is 0.982. The molecule has 1 rings (SSSR count). The molecule has 1 amide bonds. The van der Waals surface area contributed by atoms with Crippen LogP contribution in [0.1, 0.15) is 20.3 Å². The highest BCUT2D eigenvalue weighted by atomic mass is 16.5. The van der Waals surface area contributed by atoms with E-state index in [1.54, 1.807) is 4.90 Å². The molecule has 1 heterocycles. The number of carbonyl (C=O) groups is 1. The van der Waals surface area contributed by atoms with Gasteiger partial charge in [-0.05, 0) is 20.3 Å². The van der Waals surface area contributed by atoms with Crippen molar-refractivity contribution in [3.8, 4) is 0 Å². The standard InChI is InChI=1S/C10H20N2O2/c1-4-12(3)9(13)7-11-10(2)5-6-14-8-10/h11H,4-8H2,1-3H3. The van der Waals surface area contributed by atoms with E-state index < -0.39 is 0 Å². The first-order valence-electron chi connectivity index (χ1n) is 5.14. The Kier molecular flexibility index (Phi) is 3.89. The van der Waals surface area contributed by atoms with Crippen LogP contribution in [0.4, 0.5) is 0 Å². The van der Waals surface area contributed by atoms with Gasteiger partial charge in [0, 0.05) is 25.7 Å². The van der Waals surface area contributed by atoms with Crippen LogP contribution in [-0.2, 0) is 9.53 Å². The van der Waals surface area contributed by atoms with Crippen molar-refractivity contribution >= 4 is 5.91 Å². The summed E-state index contributed by atoms with van der Waals surface area (Å²) in [6.45, 7) is 6.73. The highest BCUT2D eigenvalue weighted by molar-refractivity contribution is 5.78. The molecule has 0 radical (unpaired) electrons.